The van der Waals surface area contributed by atoms with Gasteiger partial charge in [0.25, 0.3) is 0 Å². The van der Waals surface area contributed by atoms with Gasteiger partial charge in [-0.25, -0.2) is 9.79 Å². The molecule has 8 heteroatoms. The number of thiophene rings is 1. The fraction of sp³-hybridized carbons (Fsp3) is 0.310. The molecular weight excluding hydrogens is 552 g/mol. The van der Waals surface area contributed by atoms with Crippen LogP contribution in [0.3, 0.4) is 0 Å². The van der Waals surface area contributed by atoms with Gasteiger partial charge < -0.3 is 14.2 Å². The van der Waals surface area contributed by atoms with E-state index in [9.17, 15) is 4.79 Å². The zero-order valence-electron chi connectivity index (χ0n) is 21.0. The van der Waals surface area contributed by atoms with Crippen LogP contribution < -0.4 is 9.47 Å². The Morgan fingerprint density at radius 1 is 1.22 bits per heavy atom. The number of hydrogen-bond donors (Lipinski definition) is 0. The molecule has 2 heterocycles. The number of halogens is 1. The van der Waals surface area contributed by atoms with E-state index >= 15 is 0 Å². The number of hydrogen-bond acceptors (Lipinski definition) is 7. The Balaban J connectivity index is 1.63. The van der Waals surface area contributed by atoms with Gasteiger partial charge in [0.15, 0.2) is 11.5 Å². The first-order chi connectivity index (χ1) is 18.0. The third-order valence-corrected chi connectivity index (χ3v) is 7.52. The molecule has 1 aromatic heterocycles. The Hall–Kier alpha value is -3.12. The number of nitrogens with zero attached hydrogens (tertiary/aromatic N) is 2. The van der Waals surface area contributed by atoms with Gasteiger partial charge >= 0.3 is 5.97 Å². The van der Waals surface area contributed by atoms with Crippen LogP contribution in [-0.4, -0.2) is 43.4 Å². The van der Waals surface area contributed by atoms with Crippen LogP contribution in [0.1, 0.15) is 45.8 Å². The third-order valence-electron chi connectivity index (χ3n) is 5.81. The Morgan fingerprint density at radius 3 is 2.76 bits per heavy atom. The summed E-state index contributed by atoms with van der Waals surface area (Å²) >= 11 is 5.10. The van der Waals surface area contributed by atoms with E-state index in [2.05, 4.69) is 51.0 Å². The van der Waals surface area contributed by atoms with Crippen LogP contribution in [0, 0.1) is 12.3 Å². The highest BCUT2D eigenvalue weighted by molar-refractivity contribution is 9.10. The van der Waals surface area contributed by atoms with Gasteiger partial charge in [0.1, 0.15) is 11.6 Å². The van der Waals surface area contributed by atoms with E-state index in [1.165, 1.54) is 5.56 Å². The number of esters is 1. The molecule has 1 aliphatic heterocycles. The molecule has 0 radical (unpaired) electrons. The third kappa shape index (κ3) is 6.61. The summed E-state index contributed by atoms with van der Waals surface area (Å²) in [5.74, 6) is 3.27. The Morgan fingerprint density at radius 2 is 2.03 bits per heavy atom. The first kappa shape index (κ1) is 26.9. The number of carbonyl (C=O) groups excluding carboxylic acids is 1. The monoisotopic (exact) mass is 580 g/mol. The van der Waals surface area contributed by atoms with Crippen molar-refractivity contribution >= 4 is 44.5 Å². The molecule has 0 atom stereocenters. The van der Waals surface area contributed by atoms with Gasteiger partial charge in [-0.05, 0) is 65.0 Å². The molecule has 0 amide bonds. The maximum Gasteiger partial charge on any atom is 0.341 e. The topological polar surface area (TPSA) is 60.4 Å². The Kier molecular flexibility index (Phi) is 9.40. The van der Waals surface area contributed by atoms with E-state index in [0.717, 1.165) is 42.1 Å². The van der Waals surface area contributed by atoms with Crippen molar-refractivity contribution in [2.45, 2.75) is 33.4 Å². The van der Waals surface area contributed by atoms with Gasteiger partial charge in [-0.1, -0.05) is 36.3 Å². The lowest BCUT2D eigenvalue weighted by molar-refractivity contribution is 0.0526. The lowest BCUT2D eigenvalue weighted by Gasteiger charge is -2.27. The van der Waals surface area contributed by atoms with E-state index < -0.39 is 0 Å². The number of rotatable bonds is 10. The molecule has 0 saturated heterocycles. The van der Waals surface area contributed by atoms with Crippen LogP contribution in [0.5, 0.6) is 11.5 Å². The minimum absolute atomic E-state index is 0.136. The second kappa shape index (κ2) is 12.9. The van der Waals surface area contributed by atoms with Crippen molar-refractivity contribution in [3.8, 4) is 23.8 Å². The molecule has 2 aromatic carbocycles. The highest BCUT2D eigenvalue weighted by Crippen LogP contribution is 2.40. The quantitative estimate of drug-likeness (QED) is 0.157. The fourth-order valence-electron chi connectivity index (χ4n) is 4.24. The number of ether oxygens (including phenoxy) is 3. The largest absolute Gasteiger partial charge is 0.490 e. The summed E-state index contributed by atoms with van der Waals surface area (Å²) < 4.78 is 17.5. The average molecular weight is 582 g/mol. The second-order valence-electron chi connectivity index (χ2n) is 8.36. The number of carbonyl (C=O) groups is 1. The summed E-state index contributed by atoms with van der Waals surface area (Å²) in [6.45, 7) is 7.17. The number of benzene rings is 2. The zero-order chi connectivity index (χ0) is 26.2. The van der Waals surface area contributed by atoms with Crippen LogP contribution in [0.4, 0.5) is 5.00 Å². The molecule has 37 heavy (non-hydrogen) atoms. The highest BCUT2D eigenvalue weighted by atomic mass is 79.9. The summed E-state index contributed by atoms with van der Waals surface area (Å²) in [5.41, 5.74) is 3.71. The van der Waals surface area contributed by atoms with E-state index in [-0.39, 0.29) is 12.6 Å². The lowest BCUT2D eigenvalue weighted by atomic mass is 10.0. The van der Waals surface area contributed by atoms with Crippen LogP contribution >= 0.6 is 27.3 Å². The minimum Gasteiger partial charge on any atom is -0.490 e. The van der Waals surface area contributed by atoms with Gasteiger partial charge in [-0.15, -0.1) is 17.8 Å². The van der Waals surface area contributed by atoms with Gasteiger partial charge in [0.2, 0.25) is 0 Å². The van der Waals surface area contributed by atoms with Crippen molar-refractivity contribution in [1.82, 2.24) is 4.90 Å². The first-order valence-corrected chi connectivity index (χ1v) is 13.8. The van der Waals surface area contributed by atoms with Crippen LogP contribution in [0.15, 0.2) is 51.9 Å². The summed E-state index contributed by atoms with van der Waals surface area (Å²) in [4.78, 5) is 21.3. The van der Waals surface area contributed by atoms with Crippen molar-refractivity contribution in [2.24, 2.45) is 4.99 Å². The summed E-state index contributed by atoms with van der Waals surface area (Å²) in [7, 11) is 0. The van der Waals surface area contributed by atoms with Crippen molar-refractivity contribution in [3.63, 3.8) is 0 Å². The summed E-state index contributed by atoms with van der Waals surface area (Å²) in [6, 6.07) is 14.2. The molecule has 0 spiro atoms. The summed E-state index contributed by atoms with van der Waals surface area (Å²) in [6.07, 6.45) is 7.87. The molecule has 0 fully saturated rings. The van der Waals surface area contributed by atoms with E-state index in [0.29, 0.717) is 39.8 Å². The van der Waals surface area contributed by atoms with Gasteiger partial charge in [0, 0.05) is 30.7 Å². The van der Waals surface area contributed by atoms with Crippen molar-refractivity contribution < 1.29 is 19.0 Å². The molecule has 0 unspecified atom stereocenters. The number of fused-ring (bicyclic) bond motifs is 1. The normalized spacial score (nSPS) is 13.2. The second-order valence-corrected chi connectivity index (χ2v) is 10.3. The van der Waals surface area contributed by atoms with Crippen molar-refractivity contribution in [2.75, 3.05) is 26.4 Å². The Bertz CT molecular complexity index is 1310. The summed E-state index contributed by atoms with van der Waals surface area (Å²) in [5, 5.41) is 0.659. The van der Waals surface area contributed by atoms with Crippen molar-refractivity contribution in [1.29, 1.82) is 0 Å². The molecule has 4 rings (SSSR count). The molecule has 6 nitrogen and oxygen atoms in total. The van der Waals surface area contributed by atoms with Gasteiger partial charge in [0.05, 0.1) is 23.2 Å². The van der Waals surface area contributed by atoms with E-state index in [1.54, 1.807) is 17.6 Å². The molecule has 0 bridgehead atoms. The Labute approximate surface area is 230 Å². The molecule has 1 aliphatic rings. The van der Waals surface area contributed by atoms with E-state index in [4.69, 9.17) is 25.6 Å². The number of aliphatic imine (C=N–C) groups is 1. The highest BCUT2D eigenvalue weighted by Gasteiger charge is 2.28. The molecule has 192 valence electrons. The van der Waals surface area contributed by atoms with E-state index in [1.807, 2.05) is 32.0 Å². The van der Waals surface area contributed by atoms with Crippen LogP contribution in [0.2, 0.25) is 0 Å². The maximum absolute atomic E-state index is 13.0. The van der Waals surface area contributed by atoms with Crippen LogP contribution in [0.25, 0.3) is 0 Å². The van der Waals surface area contributed by atoms with Crippen molar-refractivity contribution in [3.05, 3.63) is 74.1 Å². The zero-order valence-corrected chi connectivity index (χ0v) is 23.4. The molecule has 0 aliphatic carbocycles. The lowest BCUT2D eigenvalue weighted by Crippen LogP contribution is -2.29. The fourth-order valence-corrected chi connectivity index (χ4v) is 6.03. The average Bonchev–Trinajstić information content (AvgIpc) is 3.25. The first-order valence-electron chi connectivity index (χ1n) is 12.2. The van der Waals surface area contributed by atoms with Gasteiger partial charge in [-0.2, -0.15) is 0 Å². The predicted molar refractivity (Wildman–Crippen MR) is 151 cm³/mol. The van der Waals surface area contributed by atoms with Crippen LogP contribution in [-0.2, 0) is 24.2 Å². The SMILES string of the molecule is C#CCOc1c(Br)cc(C=Nc2sc3c(c2C(=O)OCC)CCN(Cc2ccccc2)C3)cc1OCC. The van der Waals surface area contributed by atoms with Gasteiger partial charge in [-0.3, -0.25) is 4.90 Å². The maximum atomic E-state index is 13.0. The predicted octanol–water partition coefficient (Wildman–Crippen LogP) is 6.41. The molecule has 0 saturated carbocycles. The minimum atomic E-state index is -0.321. The molecule has 0 N–H and O–H groups in total. The standard InChI is InChI=1S/C29H29BrN2O4S/c1-4-14-36-27-23(30)15-21(16-24(27)34-5-2)17-31-28-26(29(33)35-6-3)22-12-13-32(19-25(22)37-28)18-20-10-8-7-9-11-20/h1,7-11,15-17H,5-6,12-14,18-19H2,2-3H3. The smallest absolute Gasteiger partial charge is 0.341 e. The number of terminal acetylenes is 1. The molecular formula is C29H29BrN2O4S. The molecule has 3 aromatic rings.